The molecule has 0 amide bonds. The predicted octanol–water partition coefficient (Wildman–Crippen LogP) is 12.8. The number of aromatic nitrogens is 2. The van der Waals surface area contributed by atoms with Gasteiger partial charge in [0, 0.05) is 48.9 Å². The summed E-state index contributed by atoms with van der Waals surface area (Å²) in [5, 5.41) is 2.39. The molecule has 3 heterocycles. The fourth-order valence-electron chi connectivity index (χ4n) is 6.25. The van der Waals surface area contributed by atoms with Gasteiger partial charge in [-0.25, -0.2) is 4.39 Å². The molecular weight excluding hydrogens is 860 g/mol. The first kappa shape index (κ1) is 31.0. The molecule has 0 spiro atoms. The Kier molecular flexibility index (Phi) is 9.12. The smallest absolute Gasteiger partial charge is 0.134 e. The first-order chi connectivity index (χ1) is 28.1. The second-order valence-electron chi connectivity index (χ2n) is 16.5. The maximum Gasteiger partial charge on any atom is 0.134 e. The Bertz CT molecular complexity index is 2730. The molecule has 4 aromatic carbocycles. The molecule has 7 aromatic rings. The largest absolute Gasteiger partial charge is 0.500 e. The number of hydrogen-bond acceptors (Lipinski definition) is 3. The zero-order chi connectivity index (χ0) is 45.1. The van der Waals surface area contributed by atoms with Gasteiger partial charge in [-0.2, -0.15) is 0 Å². The van der Waals surface area contributed by atoms with Gasteiger partial charge in [0.25, 0.3) is 0 Å². The maximum atomic E-state index is 15.0. The van der Waals surface area contributed by atoms with E-state index in [9.17, 15) is 0 Å². The fourth-order valence-corrected chi connectivity index (χ4v) is 7.69. The van der Waals surface area contributed by atoms with E-state index in [0.717, 1.165) is 27.2 Å². The topological polar surface area (TPSA) is 38.9 Å². The summed E-state index contributed by atoms with van der Waals surface area (Å²) in [7, 11) is -1.82. The van der Waals surface area contributed by atoms with Crippen LogP contribution in [0.25, 0.3) is 55.6 Å². The van der Waals surface area contributed by atoms with Crippen molar-refractivity contribution in [1.82, 2.24) is 9.97 Å². The van der Waals surface area contributed by atoms with Crippen LogP contribution >= 0.6 is 0 Å². The van der Waals surface area contributed by atoms with Crippen molar-refractivity contribution in [3.63, 3.8) is 0 Å². The zero-order valence-electron chi connectivity index (χ0n) is 40.3. The Labute approximate surface area is 347 Å². The van der Waals surface area contributed by atoms with Crippen molar-refractivity contribution < 1.29 is 39.9 Å². The van der Waals surface area contributed by atoms with E-state index in [0.29, 0.717) is 39.1 Å². The summed E-state index contributed by atoms with van der Waals surface area (Å²) < 4.78 is 86.2. The third kappa shape index (κ3) is 9.00. The predicted molar refractivity (Wildman–Crippen MR) is 224 cm³/mol. The zero-order valence-corrected chi connectivity index (χ0v) is 35.6. The molecule has 7 rings (SSSR count). The molecule has 0 aliphatic rings. The number of aryl methyl sites for hydroxylation is 2. The van der Waals surface area contributed by atoms with Gasteiger partial charge in [-0.15, -0.1) is 53.6 Å². The minimum Gasteiger partial charge on any atom is -0.500 e. The molecule has 0 saturated heterocycles. The Morgan fingerprint density at radius 3 is 2.11 bits per heavy atom. The van der Waals surface area contributed by atoms with Crippen molar-refractivity contribution in [3.05, 3.63) is 138 Å². The second-order valence-corrected chi connectivity index (χ2v) is 21.5. The first-order valence-electron chi connectivity index (χ1n) is 21.8. The van der Waals surface area contributed by atoms with Crippen LogP contribution in [0.15, 0.2) is 102 Å². The monoisotopic (exact) mass is 919 g/mol. The van der Waals surface area contributed by atoms with Crippen LogP contribution < -0.4 is 5.19 Å². The third-order valence-electron chi connectivity index (χ3n) is 8.94. The van der Waals surface area contributed by atoms with Crippen molar-refractivity contribution >= 4 is 35.2 Å². The van der Waals surface area contributed by atoms with Gasteiger partial charge in [-0.1, -0.05) is 125 Å². The fraction of sp³-hybridized carbons (Fsp3) is 0.292. The number of rotatable bonds is 5. The molecule has 0 unspecified atom stereocenters. The molecule has 0 atom stereocenters. The first-order valence-corrected chi connectivity index (χ1v) is 21.3. The van der Waals surface area contributed by atoms with Gasteiger partial charge in [0.15, 0.2) is 0 Å². The van der Waals surface area contributed by atoms with Crippen LogP contribution in [0.2, 0.25) is 19.6 Å². The van der Waals surface area contributed by atoms with E-state index >= 15 is 4.39 Å². The number of benzene rings is 4. The summed E-state index contributed by atoms with van der Waals surface area (Å²) in [6.07, 6.45) is 0.777. The minimum absolute atomic E-state index is 0. The number of hydrogen-bond donors (Lipinski definition) is 0. The van der Waals surface area contributed by atoms with Crippen LogP contribution in [-0.4, -0.2) is 18.0 Å². The van der Waals surface area contributed by atoms with E-state index in [4.69, 9.17) is 15.4 Å². The Balaban J connectivity index is 0.000000253. The third-order valence-corrected chi connectivity index (χ3v) is 11.0. The molecular formula is C48H51FIrN2OSi-2. The summed E-state index contributed by atoms with van der Waals surface area (Å²) >= 11 is 0. The van der Waals surface area contributed by atoms with Crippen LogP contribution in [0, 0.1) is 37.1 Å². The molecule has 1 radical (unpaired) electrons. The molecule has 0 N–H and O–H groups in total. The Morgan fingerprint density at radius 1 is 0.778 bits per heavy atom. The molecule has 0 bridgehead atoms. The maximum absolute atomic E-state index is 15.0. The molecule has 3 aromatic heterocycles. The average molecular weight is 919 g/mol. The van der Waals surface area contributed by atoms with Crippen LogP contribution in [0.1, 0.15) is 74.8 Å². The van der Waals surface area contributed by atoms with E-state index in [1.165, 1.54) is 30.1 Å². The van der Waals surface area contributed by atoms with Crippen molar-refractivity contribution in [2.45, 2.75) is 86.7 Å². The van der Waals surface area contributed by atoms with Gasteiger partial charge in [0.1, 0.15) is 11.4 Å². The molecule has 0 aliphatic heterocycles. The van der Waals surface area contributed by atoms with Crippen molar-refractivity contribution in [2.75, 3.05) is 0 Å². The molecule has 54 heavy (non-hydrogen) atoms. The molecule has 0 aliphatic carbocycles. The molecule has 3 nitrogen and oxygen atoms in total. The van der Waals surface area contributed by atoms with Crippen LogP contribution in [0.3, 0.4) is 0 Å². The Hall–Kier alpha value is -4.22. The van der Waals surface area contributed by atoms with Gasteiger partial charge >= 0.3 is 0 Å². The quantitative estimate of drug-likeness (QED) is 0.128. The summed E-state index contributed by atoms with van der Waals surface area (Å²) in [4.78, 5) is 8.84. The average Bonchev–Trinajstić information content (AvgIpc) is 3.55. The van der Waals surface area contributed by atoms with E-state index in [-0.39, 0.29) is 36.6 Å². The molecule has 0 saturated carbocycles. The number of fused-ring (bicyclic) bond motifs is 3. The second kappa shape index (κ2) is 15.9. The number of nitrogens with zero attached hydrogens (tertiary/aromatic N) is 2. The summed E-state index contributed by atoms with van der Waals surface area (Å²) in [5.41, 5.74) is 4.96. The number of pyridine rings is 2. The molecule has 281 valence electrons. The molecule has 0 fully saturated rings. The van der Waals surface area contributed by atoms with E-state index < -0.39 is 39.4 Å². The van der Waals surface area contributed by atoms with Gasteiger partial charge in [-0.05, 0) is 71.1 Å². The Morgan fingerprint density at radius 2 is 1.44 bits per heavy atom. The van der Waals surface area contributed by atoms with Gasteiger partial charge in [0.2, 0.25) is 0 Å². The van der Waals surface area contributed by atoms with Gasteiger partial charge in [-0.3, -0.25) is 0 Å². The normalized spacial score (nSPS) is 14.9. The van der Waals surface area contributed by atoms with Gasteiger partial charge < -0.3 is 14.4 Å². The molecule has 6 heteroatoms. The number of halogens is 1. The van der Waals surface area contributed by atoms with Crippen molar-refractivity contribution in [2.24, 2.45) is 5.41 Å². The summed E-state index contributed by atoms with van der Waals surface area (Å²) in [6, 6.07) is 31.7. The standard InChI is InChI=1S/C29H25FNO.C19H26NSi.Ir/c1-18-17-31-25(15-20(18)16-29(2,3)4)23-12-8-11-21-22-13-14-24(30)26(28(22)32-27(21)23)19-9-6-5-7-10-19;1-14-13-20-17(12-18(14)21(5,6)7)15-9-8-10-16(11-15)19(2,3)4;/h5-11,13-15,17H,16H2,1-4H3;8,10-13H,1-7H3;/q2*-1;/i1D3,16D2;1D3;. The van der Waals surface area contributed by atoms with Crippen molar-refractivity contribution in [1.29, 1.82) is 0 Å². The van der Waals surface area contributed by atoms with Crippen LogP contribution in [0.5, 0.6) is 0 Å². The SMILES string of the molecule is [2H]C([2H])([2H])c1cnc(-c2[c-]ccc(C(C)(C)C)c2)cc1[Si](C)(C)C.[2H]C([2H])([2H])c1cnc(-c2[c-]ccc3c2oc2c(-c4ccccc4)c(F)ccc23)cc1C([2H])([2H])C(C)(C)C.[Ir]. The minimum atomic E-state index is -2.54. The van der Waals surface area contributed by atoms with Crippen LogP contribution in [0.4, 0.5) is 4.39 Å². The summed E-state index contributed by atoms with van der Waals surface area (Å²) in [5.74, 6) is -0.413. The van der Waals surface area contributed by atoms with Gasteiger partial charge in [0.05, 0.1) is 19.2 Å². The number of furan rings is 1. The van der Waals surface area contributed by atoms with E-state index in [1.54, 1.807) is 32.9 Å². The van der Waals surface area contributed by atoms with Crippen molar-refractivity contribution in [3.8, 4) is 33.6 Å². The summed E-state index contributed by atoms with van der Waals surface area (Å²) in [6.45, 7) is 13.5. The van der Waals surface area contributed by atoms with Crippen LogP contribution in [-0.2, 0) is 31.9 Å². The van der Waals surface area contributed by atoms with E-state index in [1.807, 2.05) is 48.5 Å². The van der Waals surface area contributed by atoms with E-state index in [2.05, 4.69) is 74.6 Å².